The Balaban J connectivity index is 2.88. The minimum Gasteiger partial charge on any atom is -0.271 e. The molecule has 0 aliphatic carbocycles. The average Bonchev–Trinajstić information content (AvgIpc) is 2.32. The molecule has 2 unspecified atom stereocenters. The molecule has 0 bridgehead atoms. The molecule has 1 rings (SSSR count). The standard InChI is InChI=1S/C15H25BrN2/c1-5-6-10(2)7-14(18-17)13-8-11(3)15(16)12(4)9-13/h8-10,14,18H,5-7,17H2,1-4H3. The summed E-state index contributed by atoms with van der Waals surface area (Å²) in [7, 11) is 0. The van der Waals surface area contributed by atoms with E-state index >= 15 is 0 Å². The Morgan fingerprint density at radius 3 is 2.28 bits per heavy atom. The van der Waals surface area contributed by atoms with E-state index in [9.17, 15) is 0 Å². The highest BCUT2D eigenvalue weighted by atomic mass is 79.9. The molecule has 0 radical (unpaired) electrons. The summed E-state index contributed by atoms with van der Waals surface area (Å²) in [4.78, 5) is 0. The van der Waals surface area contributed by atoms with E-state index in [4.69, 9.17) is 5.84 Å². The fourth-order valence-electron chi connectivity index (χ4n) is 2.49. The lowest BCUT2D eigenvalue weighted by Gasteiger charge is -2.22. The molecule has 0 amide bonds. The number of hydrogen-bond donors (Lipinski definition) is 2. The Labute approximate surface area is 119 Å². The summed E-state index contributed by atoms with van der Waals surface area (Å²) in [5, 5.41) is 0. The molecule has 0 spiro atoms. The van der Waals surface area contributed by atoms with Crippen LogP contribution in [0, 0.1) is 19.8 Å². The number of benzene rings is 1. The van der Waals surface area contributed by atoms with E-state index in [1.807, 2.05) is 0 Å². The molecule has 1 aromatic rings. The number of nitrogens with one attached hydrogen (secondary N) is 1. The van der Waals surface area contributed by atoms with Crippen LogP contribution in [0.3, 0.4) is 0 Å². The molecule has 0 saturated carbocycles. The van der Waals surface area contributed by atoms with Crippen LogP contribution in [0.5, 0.6) is 0 Å². The number of hydrogen-bond acceptors (Lipinski definition) is 2. The van der Waals surface area contributed by atoms with Crippen LogP contribution >= 0.6 is 15.9 Å². The number of aryl methyl sites for hydroxylation is 2. The summed E-state index contributed by atoms with van der Waals surface area (Å²) in [5.41, 5.74) is 6.80. The molecule has 3 N–H and O–H groups in total. The van der Waals surface area contributed by atoms with Gasteiger partial charge < -0.3 is 0 Å². The predicted molar refractivity (Wildman–Crippen MR) is 82.4 cm³/mol. The Bertz CT molecular complexity index is 367. The van der Waals surface area contributed by atoms with Gasteiger partial charge in [0.15, 0.2) is 0 Å². The molecule has 0 aliphatic rings. The molecule has 0 aliphatic heterocycles. The Morgan fingerprint density at radius 2 is 1.83 bits per heavy atom. The number of hydrazine groups is 1. The Morgan fingerprint density at radius 1 is 1.28 bits per heavy atom. The molecule has 3 heteroatoms. The molecule has 0 saturated heterocycles. The van der Waals surface area contributed by atoms with Crippen LogP contribution in [0.15, 0.2) is 16.6 Å². The van der Waals surface area contributed by atoms with Crippen molar-refractivity contribution in [2.24, 2.45) is 11.8 Å². The molecule has 0 fully saturated rings. The first-order chi connectivity index (χ1) is 8.49. The van der Waals surface area contributed by atoms with Crippen LogP contribution in [0.2, 0.25) is 0 Å². The van der Waals surface area contributed by atoms with Crippen LogP contribution < -0.4 is 11.3 Å². The van der Waals surface area contributed by atoms with Crippen LogP contribution in [-0.2, 0) is 0 Å². The summed E-state index contributed by atoms with van der Waals surface area (Å²) < 4.78 is 1.20. The van der Waals surface area contributed by atoms with Gasteiger partial charge in [0.2, 0.25) is 0 Å². The Kier molecular flexibility index (Phi) is 6.33. The molecule has 102 valence electrons. The third-order valence-corrected chi connectivity index (χ3v) is 4.73. The fraction of sp³-hybridized carbons (Fsp3) is 0.600. The van der Waals surface area contributed by atoms with Crippen molar-refractivity contribution in [3.8, 4) is 0 Å². The topological polar surface area (TPSA) is 38.0 Å². The number of nitrogens with two attached hydrogens (primary N) is 1. The summed E-state index contributed by atoms with van der Waals surface area (Å²) in [6.45, 7) is 8.79. The van der Waals surface area contributed by atoms with Gasteiger partial charge >= 0.3 is 0 Å². The van der Waals surface area contributed by atoms with E-state index in [-0.39, 0.29) is 6.04 Å². The van der Waals surface area contributed by atoms with Gasteiger partial charge in [0.05, 0.1) is 0 Å². The summed E-state index contributed by atoms with van der Waals surface area (Å²) in [6, 6.07) is 4.69. The van der Waals surface area contributed by atoms with Crippen molar-refractivity contribution in [2.75, 3.05) is 0 Å². The maximum absolute atomic E-state index is 5.73. The van der Waals surface area contributed by atoms with Crippen LogP contribution in [0.1, 0.15) is 55.8 Å². The van der Waals surface area contributed by atoms with Crippen molar-refractivity contribution in [3.63, 3.8) is 0 Å². The van der Waals surface area contributed by atoms with E-state index in [2.05, 4.69) is 61.2 Å². The van der Waals surface area contributed by atoms with Crippen molar-refractivity contribution < 1.29 is 0 Å². The van der Waals surface area contributed by atoms with Crippen LogP contribution in [-0.4, -0.2) is 0 Å². The third-order valence-electron chi connectivity index (χ3n) is 3.48. The van der Waals surface area contributed by atoms with Crippen molar-refractivity contribution in [1.82, 2.24) is 5.43 Å². The highest BCUT2D eigenvalue weighted by Gasteiger charge is 2.15. The molecule has 0 aromatic heterocycles. The van der Waals surface area contributed by atoms with Crippen molar-refractivity contribution in [1.29, 1.82) is 0 Å². The zero-order chi connectivity index (χ0) is 13.7. The third kappa shape index (κ3) is 4.08. The smallest absolute Gasteiger partial charge is 0.0462 e. The normalized spacial score (nSPS) is 14.6. The second kappa shape index (κ2) is 7.27. The summed E-state index contributed by atoms with van der Waals surface area (Å²) >= 11 is 3.61. The lowest BCUT2D eigenvalue weighted by Crippen LogP contribution is -2.29. The quantitative estimate of drug-likeness (QED) is 0.603. The van der Waals surface area contributed by atoms with E-state index < -0.39 is 0 Å². The Hall–Kier alpha value is -0.380. The zero-order valence-corrected chi connectivity index (χ0v) is 13.5. The van der Waals surface area contributed by atoms with Crippen molar-refractivity contribution in [3.05, 3.63) is 33.3 Å². The second-order valence-corrected chi connectivity index (χ2v) is 6.11. The maximum atomic E-state index is 5.73. The van der Waals surface area contributed by atoms with E-state index in [0.29, 0.717) is 5.92 Å². The largest absolute Gasteiger partial charge is 0.271 e. The van der Waals surface area contributed by atoms with E-state index in [0.717, 1.165) is 6.42 Å². The first kappa shape index (κ1) is 15.7. The summed E-state index contributed by atoms with van der Waals surface area (Å²) in [5.74, 6) is 6.42. The van der Waals surface area contributed by atoms with Gasteiger partial charge in [-0.05, 0) is 42.9 Å². The van der Waals surface area contributed by atoms with Crippen molar-refractivity contribution >= 4 is 15.9 Å². The molecular weight excluding hydrogens is 288 g/mol. The van der Waals surface area contributed by atoms with Gasteiger partial charge in [-0.1, -0.05) is 54.8 Å². The van der Waals surface area contributed by atoms with Gasteiger partial charge in [-0.15, -0.1) is 0 Å². The van der Waals surface area contributed by atoms with Gasteiger partial charge in [0.1, 0.15) is 0 Å². The van der Waals surface area contributed by atoms with E-state index in [1.165, 1.54) is 34.0 Å². The van der Waals surface area contributed by atoms with Gasteiger partial charge in [-0.2, -0.15) is 0 Å². The maximum Gasteiger partial charge on any atom is 0.0462 e. The first-order valence-electron chi connectivity index (χ1n) is 6.72. The minimum atomic E-state index is 0.247. The molecule has 1 aromatic carbocycles. The minimum absolute atomic E-state index is 0.247. The molecular formula is C15H25BrN2. The first-order valence-corrected chi connectivity index (χ1v) is 7.51. The highest BCUT2D eigenvalue weighted by molar-refractivity contribution is 9.10. The van der Waals surface area contributed by atoms with Gasteiger partial charge in [0, 0.05) is 10.5 Å². The monoisotopic (exact) mass is 312 g/mol. The number of rotatable bonds is 6. The SMILES string of the molecule is CCCC(C)CC(NN)c1cc(C)c(Br)c(C)c1. The van der Waals surface area contributed by atoms with Gasteiger partial charge in [-0.3, -0.25) is 11.3 Å². The average molecular weight is 313 g/mol. The molecule has 0 heterocycles. The van der Waals surface area contributed by atoms with Crippen molar-refractivity contribution in [2.45, 2.75) is 53.0 Å². The second-order valence-electron chi connectivity index (χ2n) is 5.32. The number of halogens is 1. The molecule has 2 nitrogen and oxygen atoms in total. The highest BCUT2D eigenvalue weighted by Crippen LogP contribution is 2.29. The van der Waals surface area contributed by atoms with Crippen LogP contribution in [0.4, 0.5) is 0 Å². The lowest BCUT2D eigenvalue weighted by atomic mass is 9.92. The zero-order valence-electron chi connectivity index (χ0n) is 11.9. The van der Waals surface area contributed by atoms with E-state index in [1.54, 1.807) is 0 Å². The molecule has 2 atom stereocenters. The predicted octanol–water partition coefficient (Wildman–Crippen LogP) is 4.40. The summed E-state index contributed by atoms with van der Waals surface area (Å²) in [6.07, 6.45) is 3.58. The van der Waals surface area contributed by atoms with Crippen LogP contribution in [0.25, 0.3) is 0 Å². The fourth-order valence-corrected chi connectivity index (χ4v) is 2.72. The van der Waals surface area contributed by atoms with Gasteiger partial charge in [0.25, 0.3) is 0 Å². The van der Waals surface area contributed by atoms with Gasteiger partial charge in [-0.25, -0.2) is 0 Å². The lowest BCUT2D eigenvalue weighted by molar-refractivity contribution is 0.394. The molecule has 18 heavy (non-hydrogen) atoms.